The summed E-state index contributed by atoms with van der Waals surface area (Å²) in [6.07, 6.45) is 0.152. The third-order valence-electron chi connectivity index (χ3n) is 2.99. The number of hydrogen-bond donors (Lipinski definition) is 2. The van der Waals surface area contributed by atoms with E-state index in [-0.39, 0.29) is 6.10 Å². The molecule has 0 radical (unpaired) electrons. The molecule has 0 aliphatic rings. The minimum absolute atomic E-state index is 0.152. The van der Waals surface area contributed by atoms with Crippen LogP contribution >= 0.6 is 0 Å². The van der Waals surface area contributed by atoms with Crippen LogP contribution in [0.4, 0.5) is 5.82 Å². The van der Waals surface area contributed by atoms with Crippen molar-refractivity contribution in [2.75, 3.05) is 19.0 Å². The van der Waals surface area contributed by atoms with Crippen LogP contribution < -0.4 is 11.1 Å². The second kappa shape index (κ2) is 5.80. The van der Waals surface area contributed by atoms with Crippen molar-refractivity contribution in [2.45, 2.75) is 19.6 Å². The lowest BCUT2D eigenvalue weighted by atomic mass is 10.1. The summed E-state index contributed by atoms with van der Waals surface area (Å²) in [5.74, 6) is 0.845. The van der Waals surface area contributed by atoms with E-state index in [2.05, 4.69) is 10.3 Å². The summed E-state index contributed by atoms with van der Waals surface area (Å²) in [4.78, 5) is 4.57. The van der Waals surface area contributed by atoms with Gasteiger partial charge >= 0.3 is 0 Å². The first kappa shape index (κ1) is 12.8. The lowest BCUT2D eigenvalue weighted by Crippen LogP contribution is -2.18. The van der Waals surface area contributed by atoms with Crippen molar-refractivity contribution in [3.8, 4) is 0 Å². The van der Waals surface area contributed by atoms with Gasteiger partial charge in [-0.2, -0.15) is 0 Å². The van der Waals surface area contributed by atoms with Gasteiger partial charge in [0.05, 0.1) is 11.6 Å². The quantitative estimate of drug-likeness (QED) is 0.847. The summed E-state index contributed by atoms with van der Waals surface area (Å²) >= 11 is 0. The number of methoxy groups -OCH3 is 1. The fraction of sp³-hybridized carbons (Fsp3) is 0.357. The van der Waals surface area contributed by atoms with Crippen molar-refractivity contribution in [3.05, 3.63) is 35.9 Å². The topological polar surface area (TPSA) is 60.2 Å². The van der Waals surface area contributed by atoms with E-state index < -0.39 is 0 Å². The molecule has 0 aliphatic heterocycles. The van der Waals surface area contributed by atoms with Crippen LogP contribution in [0.15, 0.2) is 30.3 Å². The number of hydrogen-bond acceptors (Lipinski definition) is 4. The van der Waals surface area contributed by atoms with Gasteiger partial charge in [0.2, 0.25) is 0 Å². The van der Waals surface area contributed by atoms with Crippen LogP contribution in [0.3, 0.4) is 0 Å². The molecule has 0 fully saturated rings. The number of ether oxygens (including phenoxy) is 1. The molecule has 2 rings (SSSR count). The highest BCUT2D eigenvalue weighted by Crippen LogP contribution is 2.20. The molecule has 0 saturated carbocycles. The van der Waals surface area contributed by atoms with Crippen molar-refractivity contribution in [3.63, 3.8) is 0 Å². The summed E-state index contributed by atoms with van der Waals surface area (Å²) in [5.41, 5.74) is 7.86. The number of fused-ring (bicyclic) bond motifs is 1. The van der Waals surface area contributed by atoms with E-state index in [0.717, 1.165) is 28.8 Å². The van der Waals surface area contributed by atoms with E-state index in [1.54, 1.807) is 7.11 Å². The molecule has 0 saturated heterocycles. The van der Waals surface area contributed by atoms with Gasteiger partial charge in [0.25, 0.3) is 0 Å². The number of benzene rings is 1. The number of nitrogens with zero attached hydrogens (tertiary/aromatic N) is 1. The van der Waals surface area contributed by atoms with Gasteiger partial charge in [0, 0.05) is 25.6 Å². The van der Waals surface area contributed by atoms with Crippen molar-refractivity contribution in [1.29, 1.82) is 0 Å². The second-order valence-corrected chi connectivity index (χ2v) is 4.32. The Morgan fingerprint density at radius 3 is 2.89 bits per heavy atom. The summed E-state index contributed by atoms with van der Waals surface area (Å²) in [7, 11) is 1.70. The summed E-state index contributed by atoms with van der Waals surface area (Å²) in [5, 5.41) is 4.39. The molecule has 0 aliphatic carbocycles. The lowest BCUT2D eigenvalue weighted by molar-refractivity contribution is 0.128. The maximum atomic E-state index is 5.79. The van der Waals surface area contributed by atoms with Crippen molar-refractivity contribution in [2.24, 2.45) is 5.73 Å². The monoisotopic (exact) mass is 245 g/mol. The maximum Gasteiger partial charge on any atom is 0.127 e. The van der Waals surface area contributed by atoms with Crippen LogP contribution in [0.25, 0.3) is 10.9 Å². The smallest absolute Gasteiger partial charge is 0.127 e. The van der Waals surface area contributed by atoms with Gasteiger partial charge in [-0.05, 0) is 24.6 Å². The normalized spacial score (nSPS) is 12.6. The highest BCUT2D eigenvalue weighted by Gasteiger charge is 2.05. The van der Waals surface area contributed by atoms with Crippen LogP contribution in [-0.4, -0.2) is 24.7 Å². The molecule has 1 aromatic carbocycles. The molecule has 1 atom stereocenters. The van der Waals surface area contributed by atoms with Gasteiger partial charge in [0.1, 0.15) is 5.82 Å². The Kier molecular flexibility index (Phi) is 4.12. The third-order valence-corrected chi connectivity index (χ3v) is 2.99. The Hall–Kier alpha value is -1.65. The Morgan fingerprint density at radius 1 is 1.39 bits per heavy atom. The molecule has 4 heteroatoms. The maximum absolute atomic E-state index is 5.79. The van der Waals surface area contributed by atoms with E-state index >= 15 is 0 Å². The van der Waals surface area contributed by atoms with Crippen LogP contribution in [0, 0.1) is 0 Å². The number of nitrogens with one attached hydrogen (secondary N) is 1. The molecular formula is C14H19N3O. The highest BCUT2D eigenvalue weighted by atomic mass is 16.5. The molecule has 96 valence electrons. The first-order valence-corrected chi connectivity index (χ1v) is 6.10. The number of pyridine rings is 1. The van der Waals surface area contributed by atoms with Crippen LogP contribution in [0.5, 0.6) is 0 Å². The standard InChI is InChI=1S/C14H19N3O/c1-10(18-2)9-16-14-7-11(8-15)12-5-3-4-6-13(12)17-14/h3-7,10H,8-9,15H2,1-2H3,(H,16,17). The average molecular weight is 245 g/mol. The van der Waals surface area contributed by atoms with Gasteiger partial charge in [-0.1, -0.05) is 18.2 Å². The van der Waals surface area contributed by atoms with Crippen LogP contribution in [0.1, 0.15) is 12.5 Å². The van der Waals surface area contributed by atoms with Crippen molar-refractivity contribution < 1.29 is 4.74 Å². The predicted octanol–water partition coefficient (Wildman–Crippen LogP) is 2.14. The summed E-state index contributed by atoms with van der Waals surface area (Å²) in [6, 6.07) is 10.0. The largest absolute Gasteiger partial charge is 0.380 e. The van der Waals surface area contributed by atoms with E-state index in [1.807, 2.05) is 37.3 Å². The van der Waals surface area contributed by atoms with Crippen molar-refractivity contribution >= 4 is 16.7 Å². The number of rotatable bonds is 5. The lowest BCUT2D eigenvalue weighted by Gasteiger charge is -2.13. The molecule has 1 unspecified atom stereocenters. The summed E-state index contributed by atoms with van der Waals surface area (Å²) < 4.78 is 5.20. The zero-order valence-corrected chi connectivity index (χ0v) is 10.8. The molecule has 2 aromatic rings. The number of nitrogens with two attached hydrogens (primary N) is 1. The van der Waals surface area contributed by atoms with Crippen LogP contribution in [-0.2, 0) is 11.3 Å². The van der Waals surface area contributed by atoms with Crippen molar-refractivity contribution in [1.82, 2.24) is 4.98 Å². The third kappa shape index (κ3) is 2.78. The molecular weight excluding hydrogens is 226 g/mol. The van der Waals surface area contributed by atoms with E-state index in [1.165, 1.54) is 0 Å². The first-order chi connectivity index (χ1) is 8.74. The fourth-order valence-electron chi connectivity index (χ4n) is 1.84. The van der Waals surface area contributed by atoms with E-state index in [9.17, 15) is 0 Å². The minimum Gasteiger partial charge on any atom is -0.380 e. The molecule has 0 bridgehead atoms. The van der Waals surface area contributed by atoms with E-state index in [0.29, 0.717) is 6.54 Å². The Bertz CT molecular complexity index is 527. The Balaban J connectivity index is 2.29. The number of anilines is 1. The van der Waals surface area contributed by atoms with E-state index in [4.69, 9.17) is 10.5 Å². The minimum atomic E-state index is 0.152. The zero-order valence-electron chi connectivity index (χ0n) is 10.8. The van der Waals surface area contributed by atoms with Gasteiger partial charge in [0.15, 0.2) is 0 Å². The highest BCUT2D eigenvalue weighted by molar-refractivity contribution is 5.83. The second-order valence-electron chi connectivity index (χ2n) is 4.32. The number of aromatic nitrogens is 1. The van der Waals surface area contributed by atoms with Gasteiger partial charge in [-0.25, -0.2) is 4.98 Å². The Morgan fingerprint density at radius 2 is 2.17 bits per heavy atom. The molecule has 1 heterocycles. The van der Waals surface area contributed by atoms with Gasteiger partial charge in [-0.15, -0.1) is 0 Å². The SMILES string of the molecule is COC(C)CNc1cc(CN)c2ccccc2n1. The molecule has 4 nitrogen and oxygen atoms in total. The molecule has 1 aromatic heterocycles. The predicted molar refractivity (Wildman–Crippen MR) is 74.6 cm³/mol. The zero-order chi connectivity index (χ0) is 13.0. The van der Waals surface area contributed by atoms with Gasteiger partial charge < -0.3 is 15.8 Å². The molecule has 3 N–H and O–H groups in total. The average Bonchev–Trinajstić information content (AvgIpc) is 2.43. The van der Waals surface area contributed by atoms with Crippen LogP contribution in [0.2, 0.25) is 0 Å². The van der Waals surface area contributed by atoms with Gasteiger partial charge in [-0.3, -0.25) is 0 Å². The number of para-hydroxylation sites is 1. The molecule has 18 heavy (non-hydrogen) atoms. The Labute approximate surface area is 107 Å². The summed E-state index contributed by atoms with van der Waals surface area (Å²) in [6.45, 7) is 3.25. The molecule has 0 spiro atoms. The fourth-order valence-corrected chi connectivity index (χ4v) is 1.84. The molecule has 0 amide bonds. The first-order valence-electron chi connectivity index (χ1n) is 6.10.